The summed E-state index contributed by atoms with van der Waals surface area (Å²) in [5, 5.41) is 7.05. The van der Waals surface area contributed by atoms with Gasteiger partial charge < -0.3 is 20.4 Å². The van der Waals surface area contributed by atoms with Crippen molar-refractivity contribution in [3.63, 3.8) is 0 Å². The monoisotopic (exact) mass is 503 g/mol. The van der Waals surface area contributed by atoms with Crippen molar-refractivity contribution >= 4 is 53.3 Å². The minimum absolute atomic E-state index is 0. The molecule has 0 saturated carbocycles. The standard InChI is InChI=1S/C19H29N5OS.HI/c1-3-17-13-24(10-11-26-17)19(20-2)22-12-15-4-6-16(7-5-15)23-9-8-21-18(25)14-23;/h4-7,17H,3,8-14H2,1-2H3,(H,20,22)(H,21,25);1H. The van der Waals surface area contributed by atoms with Gasteiger partial charge in [0.05, 0.1) is 6.54 Å². The summed E-state index contributed by atoms with van der Waals surface area (Å²) < 4.78 is 0. The number of carbonyl (C=O) groups is 1. The molecule has 0 aliphatic carbocycles. The van der Waals surface area contributed by atoms with Crippen LogP contribution in [0.25, 0.3) is 0 Å². The number of piperazine rings is 1. The van der Waals surface area contributed by atoms with E-state index in [-0.39, 0.29) is 29.9 Å². The van der Waals surface area contributed by atoms with Crippen LogP contribution in [0.1, 0.15) is 18.9 Å². The van der Waals surface area contributed by atoms with Gasteiger partial charge >= 0.3 is 0 Å². The SMILES string of the molecule is CCC1CN(C(=NC)NCc2ccc(N3CCNC(=O)C3)cc2)CCS1.I. The molecule has 8 heteroatoms. The van der Waals surface area contributed by atoms with E-state index in [0.717, 1.165) is 43.6 Å². The van der Waals surface area contributed by atoms with Crippen molar-refractivity contribution in [1.82, 2.24) is 15.5 Å². The zero-order valence-electron chi connectivity index (χ0n) is 16.1. The van der Waals surface area contributed by atoms with Crippen molar-refractivity contribution in [2.45, 2.75) is 25.1 Å². The number of anilines is 1. The van der Waals surface area contributed by atoms with E-state index in [9.17, 15) is 4.79 Å². The summed E-state index contributed by atoms with van der Waals surface area (Å²) in [6, 6.07) is 8.46. The van der Waals surface area contributed by atoms with E-state index in [1.807, 2.05) is 7.05 Å². The van der Waals surface area contributed by atoms with Crippen LogP contribution in [0, 0.1) is 0 Å². The molecule has 1 aromatic rings. The number of guanidine groups is 1. The third kappa shape index (κ3) is 6.17. The molecule has 1 aromatic carbocycles. The molecule has 1 unspecified atom stereocenters. The van der Waals surface area contributed by atoms with Gasteiger partial charge in [-0.15, -0.1) is 24.0 Å². The van der Waals surface area contributed by atoms with Crippen molar-refractivity contribution in [3.05, 3.63) is 29.8 Å². The first-order chi connectivity index (χ1) is 12.7. The molecule has 2 saturated heterocycles. The van der Waals surface area contributed by atoms with E-state index in [1.54, 1.807) is 0 Å². The topological polar surface area (TPSA) is 60.0 Å². The van der Waals surface area contributed by atoms with E-state index in [2.05, 4.69) is 68.4 Å². The second-order valence-corrected chi connectivity index (χ2v) is 8.09. The molecule has 0 radical (unpaired) electrons. The van der Waals surface area contributed by atoms with Gasteiger partial charge in [-0.2, -0.15) is 11.8 Å². The normalized spacial score (nSPS) is 20.7. The first-order valence-corrected chi connectivity index (χ1v) is 10.4. The molecule has 2 aliphatic heterocycles. The first-order valence-electron chi connectivity index (χ1n) is 9.37. The molecule has 27 heavy (non-hydrogen) atoms. The Kier molecular flexibility index (Phi) is 9.01. The van der Waals surface area contributed by atoms with Crippen molar-refractivity contribution < 1.29 is 4.79 Å². The van der Waals surface area contributed by atoms with Crippen LogP contribution in [0.2, 0.25) is 0 Å². The van der Waals surface area contributed by atoms with Crippen LogP contribution < -0.4 is 15.5 Å². The fraction of sp³-hybridized carbons (Fsp3) is 0.579. The number of thioether (sulfide) groups is 1. The molecule has 3 rings (SSSR count). The van der Waals surface area contributed by atoms with Crippen LogP contribution >= 0.6 is 35.7 Å². The molecule has 2 N–H and O–H groups in total. The van der Waals surface area contributed by atoms with E-state index < -0.39 is 0 Å². The molecule has 1 amide bonds. The van der Waals surface area contributed by atoms with Crippen molar-refractivity contribution in [2.24, 2.45) is 4.99 Å². The summed E-state index contributed by atoms with van der Waals surface area (Å²) in [7, 11) is 1.86. The second-order valence-electron chi connectivity index (χ2n) is 6.69. The van der Waals surface area contributed by atoms with Crippen molar-refractivity contribution in [1.29, 1.82) is 0 Å². The van der Waals surface area contributed by atoms with Gasteiger partial charge in [-0.3, -0.25) is 9.79 Å². The van der Waals surface area contributed by atoms with Crippen LogP contribution in [0.5, 0.6) is 0 Å². The lowest BCUT2D eigenvalue weighted by Crippen LogP contribution is -2.48. The quantitative estimate of drug-likeness (QED) is 0.375. The van der Waals surface area contributed by atoms with Crippen LogP contribution in [0.3, 0.4) is 0 Å². The average molecular weight is 503 g/mol. The second kappa shape index (κ2) is 11.0. The van der Waals surface area contributed by atoms with Gasteiger partial charge in [0.25, 0.3) is 0 Å². The molecule has 2 fully saturated rings. The Hall–Kier alpha value is -1.16. The third-order valence-electron chi connectivity index (χ3n) is 4.90. The number of benzene rings is 1. The number of amides is 1. The van der Waals surface area contributed by atoms with Crippen molar-refractivity contribution in [2.75, 3.05) is 50.4 Å². The summed E-state index contributed by atoms with van der Waals surface area (Å²) in [5.41, 5.74) is 2.32. The molecule has 2 heterocycles. The Labute approximate surface area is 183 Å². The van der Waals surface area contributed by atoms with E-state index >= 15 is 0 Å². The molecule has 0 aromatic heterocycles. The van der Waals surface area contributed by atoms with Gasteiger partial charge in [0, 0.05) is 56.5 Å². The summed E-state index contributed by atoms with van der Waals surface area (Å²) >= 11 is 2.07. The van der Waals surface area contributed by atoms with Gasteiger partial charge in [-0.25, -0.2) is 0 Å². The summed E-state index contributed by atoms with van der Waals surface area (Å²) in [6.07, 6.45) is 1.20. The number of hydrogen-bond donors (Lipinski definition) is 2. The van der Waals surface area contributed by atoms with Gasteiger partial charge in [0.1, 0.15) is 0 Å². The highest BCUT2D eigenvalue weighted by Gasteiger charge is 2.21. The molecule has 0 bridgehead atoms. The van der Waals surface area contributed by atoms with Crippen molar-refractivity contribution in [3.8, 4) is 0 Å². The molecule has 2 aliphatic rings. The van der Waals surface area contributed by atoms with E-state index in [0.29, 0.717) is 18.3 Å². The number of rotatable bonds is 4. The maximum absolute atomic E-state index is 11.5. The maximum Gasteiger partial charge on any atom is 0.239 e. The number of hydrogen-bond acceptors (Lipinski definition) is 4. The van der Waals surface area contributed by atoms with Gasteiger partial charge in [-0.1, -0.05) is 19.1 Å². The fourth-order valence-corrected chi connectivity index (χ4v) is 4.54. The zero-order valence-corrected chi connectivity index (χ0v) is 19.3. The van der Waals surface area contributed by atoms with Crippen LogP contribution in [0.15, 0.2) is 29.3 Å². The molecule has 6 nitrogen and oxygen atoms in total. The fourth-order valence-electron chi connectivity index (χ4n) is 3.36. The molecular formula is C19H30IN5OS. The van der Waals surface area contributed by atoms with Gasteiger partial charge in [0.15, 0.2) is 5.96 Å². The highest BCUT2D eigenvalue weighted by atomic mass is 127. The Bertz CT molecular complexity index is 639. The van der Waals surface area contributed by atoms with Crippen LogP contribution in [0.4, 0.5) is 5.69 Å². The number of aliphatic imine (C=N–C) groups is 1. The number of nitrogens with zero attached hydrogens (tertiary/aromatic N) is 3. The predicted molar refractivity (Wildman–Crippen MR) is 125 cm³/mol. The summed E-state index contributed by atoms with van der Waals surface area (Å²) in [4.78, 5) is 20.5. The largest absolute Gasteiger partial charge is 0.360 e. The number of halogens is 1. The Morgan fingerprint density at radius 1 is 1.33 bits per heavy atom. The average Bonchev–Trinajstić information content (AvgIpc) is 2.69. The predicted octanol–water partition coefficient (Wildman–Crippen LogP) is 2.14. The van der Waals surface area contributed by atoms with Gasteiger partial charge in [0.2, 0.25) is 5.91 Å². The van der Waals surface area contributed by atoms with Crippen LogP contribution in [-0.2, 0) is 11.3 Å². The lowest BCUT2D eigenvalue weighted by Gasteiger charge is -2.34. The molecular weight excluding hydrogens is 473 g/mol. The first kappa shape index (κ1) is 22.1. The van der Waals surface area contributed by atoms with Crippen LogP contribution in [-0.4, -0.2) is 67.5 Å². The Morgan fingerprint density at radius 3 is 2.78 bits per heavy atom. The van der Waals surface area contributed by atoms with Gasteiger partial charge in [-0.05, 0) is 24.1 Å². The molecule has 1 atom stereocenters. The number of carbonyl (C=O) groups excluding carboxylic acids is 1. The third-order valence-corrected chi connectivity index (χ3v) is 6.27. The minimum atomic E-state index is 0. The maximum atomic E-state index is 11.5. The highest BCUT2D eigenvalue weighted by Crippen LogP contribution is 2.21. The smallest absolute Gasteiger partial charge is 0.239 e. The molecule has 0 spiro atoms. The van der Waals surface area contributed by atoms with E-state index in [1.165, 1.54) is 12.0 Å². The Morgan fingerprint density at radius 2 is 2.11 bits per heavy atom. The molecule has 150 valence electrons. The minimum Gasteiger partial charge on any atom is -0.360 e. The zero-order chi connectivity index (χ0) is 18.4. The van der Waals surface area contributed by atoms with E-state index in [4.69, 9.17) is 0 Å². The Balaban J connectivity index is 0.00000261. The lowest BCUT2D eigenvalue weighted by atomic mass is 10.2. The highest BCUT2D eigenvalue weighted by molar-refractivity contribution is 14.0. The lowest BCUT2D eigenvalue weighted by molar-refractivity contribution is -0.120. The summed E-state index contributed by atoms with van der Waals surface area (Å²) in [6.45, 7) is 7.15. The summed E-state index contributed by atoms with van der Waals surface area (Å²) in [5.74, 6) is 2.24. The number of nitrogens with one attached hydrogen (secondary N) is 2.